The second-order valence-corrected chi connectivity index (χ2v) is 5.33. The Balaban J connectivity index is 2.14. The molecule has 0 aliphatic carbocycles. The lowest BCUT2D eigenvalue weighted by atomic mass is 10.0. The predicted molar refractivity (Wildman–Crippen MR) is 78.6 cm³/mol. The summed E-state index contributed by atoms with van der Waals surface area (Å²) < 4.78 is 7.62. The van der Waals surface area contributed by atoms with Crippen LogP contribution in [0.25, 0.3) is 0 Å². The maximum Gasteiger partial charge on any atom is 0.164 e. The highest BCUT2D eigenvalue weighted by Gasteiger charge is 2.09. The summed E-state index contributed by atoms with van der Waals surface area (Å²) in [6.07, 6.45) is 2.41. The maximum atomic E-state index is 5.90. The molecule has 0 spiro atoms. The highest BCUT2D eigenvalue weighted by Crippen LogP contribution is 2.26. The van der Waals surface area contributed by atoms with Gasteiger partial charge in [-0.1, -0.05) is 12.1 Å². The number of aromatic nitrogens is 3. The molecule has 0 saturated heterocycles. The van der Waals surface area contributed by atoms with Crippen molar-refractivity contribution in [2.75, 3.05) is 0 Å². The molecule has 1 aromatic heterocycles. The van der Waals surface area contributed by atoms with E-state index in [1.165, 1.54) is 11.9 Å². The maximum absolute atomic E-state index is 5.90. The lowest BCUT2D eigenvalue weighted by molar-refractivity contribution is 0.286. The number of hydrogen-bond donors (Lipinski definition) is 1. The fraction of sp³-hybridized carbons (Fsp3) is 0.467. The van der Waals surface area contributed by atoms with Gasteiger partial charge in [0, 0.05) is 13.1 Å². The van der Waals surface area contributed by atoms with Crippen LogP contribution < -0.4 is 10.5 Å². The molecule has 1 unspecified atom stereocenters. The molecule has 5 heteroatoms. The van der Waals surface area contributed by atoms with Crippen LogP contribution in [0.4, 0.5) is 0 Å². The number of aryl methyl sites for hydroxylation is 3. The molecule has 1 heterocycles. The summed E-state index contributed by atoms with van der Waals surface area (Å²) in [5.41, 5.74) is 9.36. The van der Waals surface area contributed by atoms with Crippen molar-refractivity contribution in [3.05, 3.63) is 41.0 Å². The van der Waals surface area contributed by atoms with E-state index >= 15 is 0 Å². The largest absolute Gasteiger partial charge is 0.485 e. The Labute approximate surface area is 119 Å². The summed E-state index contributed by atoms with van der Waals surface area (Å²) in [4.78, 5) is 4.16. The van der Waals surface area contributed by atoms with E-state index in [0.29, 0.717) is 6.61 Å². The minimum Gasteiger partial charge on any atom is -0.485 e. The fourth-order valence-corrected chi connectivity index (χ4v) is 2.34. The summed E-state index contributed by atoms with van der Waals surface area (Å²) in [6, 6.07) is 4.45. The second kappa shape index (κ2) is 6.05. The molecule has 108 valence electrons. The molecule has 0 bridgehead atoms. The van der Waals surface area contributed by atoms with Gasteiger partial charge in [-0.2, -0.15) is 5.10 Å². The Morgan fingerprint density at radius 3 is 2.45 bits per heavy atom. The van der Waals surface area contributed by atoms with E-state index in [0.717, 1.165) is 29.1 Å². The molecule has 0 fully saturated rings. The minimum absolute atomic E-state index is 0.166. The Morgan fingerprint density at radius 1 is 1.30 bits per heavy atom. The summed E-state index contributed by atoms with van der Waals surface area (Å²) in [5.74, 6) is 1.73. The normalized spacial score (nSPS) is 12.4. The predicted octanol–water partition coefficient (Wildman–Crippen LogP) is 1.90. The third-order valence-corrected chi connectivity index (χ3v) is 3.23. The van der Waals surface area contributed by atoms with Gasteiger partial charge in [-0.25, -0.2) is 4.98 Å². The molecule has 0 amide bonds. The monoisotopic (exact) mass is 274 g/mol. The molecule has 1 atom stereocenters. The van der Waals surface area contributed by atoms with Crippen molar-refractivity contribution in [3.63, 3.8) is 0 Å². The molecule has 0 radical (unpaired) electrons. The van der Waals surface area contributed by atoms with E-state index in [-0.39, 0.29) is 6.04 Å². The van der Waals surface area contributed by atoms with Gasteiger partial charge in [-0.05, 0) is 43.9 Å². The van der Waals surface area contributed by atoms with E-state index < -0.39 is 0 Å². The first-order valence-corrected chi connectivity index (χ1v) is 6.78. The van der Waals surface area contributed by atoms with Crippen LogP contribution in [0.5, 0.6) is 5.75 Å². The highest BCUT2D eigenvalue weighted by molar-refractivity contribution is 5.43. The van der Waals surface area contributed by atoms with E-state index in [1.54, 1.807) is 4.68 Å². The van der Waals surface area contributed by atoms with Crippen LogP contribution in [0.3, 0.4) is 0 Å². The van der Waals surface area contributed by atoms with Crippen LogP contribution in [0.15, 0.2) is 18.5 Å². The average Bonchev–Trinajstić information content (AvgIpc) is 2.73. The SMILES string of the molecule is Cc1cc(CC(C)N)cc(C)c1OCc1ncnn1C. The van der Waals surface area contributed by atoms with Crippen LogP contribution in [0.2, 0.25) is 0 Å². The number of rotatable bonds is 5. The third-order valence-electron chi connectivity index (χ3n) is 3.23. The summed E-state index contributed by atoms with van der Waals surface area (Å²) in [6.45, 7) is 6.56. The molecule has 0 aliphatic rings. The van der Waals surface area contributed by atoms with E-state index in [4.69, 9.17) is 10.5 Å². The van der Waals surface area contributed by atoms with Crippen molar-refractivity contribution < 1.29 is 4.74 Å². The fourth-order valence-electron chi connectivity index (χ4n) is 2.34. The van der Waals surface area contributed by atoms with Gasteiger partial charge in [0.2, 0.25) is 0 Å². The molecular weight excluding hydrogens is 252 g/mol. The van der Waals surface area contributed by atoms with Crippen LogP contribution in [-0.4, -0.2) is 20.8 Å². The van der Waals surface area contributed by atoms with Crippen molar-refractivity contribution in [2.45, 2.75) is 39.8 Å². The van der Waals surface area contributed by atoms with Crippen molar-refractivity contribution >= 4 is 0 Å². The van der Waals surface area contributed by atoms with Gasteiger partial charge in [0.25, 0.3) is 0 Å². The highest BCUT2D eigenvalue weighted by atomic mass is 16.5. The lowest BCUT2D eigenvalue weighted by Crippen LogP contribution is -2.18. The molecule has 20 heavy (non-hydrogen) atoms. The van der Waals surface area contributed by atoms with Crippen molar-refractivity contribution in [1.29, 1.82) is 0 Å². The molecular formula is C15H22N4O. The Hall–Kier alpha value is -1.88. The zero-order chi connectivity index (χ0) is 14.7. The zero-order valence-electron chi connectivity index (χ0n) is 12.6. The smallest absolute Gasteiger partial charge is 0.164 e. The summed E-state index contributed by atoms with van der Waals surface area (Å²) in [5, 5.41) is 4.03. The number of ether oxygens (including phenoxy) is 1. The van der Waals surface area contributed by atoms with E-state index in [2.05, 4.69) is 36.1 Å². The molecule has 2 N–H and O–H groups in total. The summed E-state index contributed by atoms with van der Waals surface area (Å²) >= 11 is 0. The van der Waals surface area contributed by atoms with Crippen LogP contribution >= 0.6 is 0 Å². The van der Waals surface area contributed by atoms with Gasteiger partial charge in [0.05, 0.1) is 0 Å². The first kappa shape index (κ1) is 14.5. The molecule has 2 rings (SSSR count). The Morgan fingerprint density at radius 2 is 1.95 bits per heavy atom. The number of benzene rings is 1. The van der Waals surface area contributed by atoms with Gasteiger partial charge < -0.3 is 10.5 Å². The van der Waals surface area contributed by atoms with Crippen LogP contribution in [0.1, 0.15) is 29.4 Å². The van der Waals surface area contributed by atoms with Crippen molar-refractivity contribution in [2.24, 2.45) is 12.8 Å². The Bertz CT molecular complexity index is 566. The first-order chi connectivity index (χ1) is 9.47. The average molecular weight is 274 g/mol. The topological polar surface area (TPSA) is 66.0 Å². The van der Waals surface area contributed by atoms with E-state index in [1.807, 2.05) is 14.0 Å². The summed E-state index contributed by atoms with van der Waals surface area (Å²) in [7, 11) is 1.86. The molecule has 5 nitrogen and oxygen atoms in total. The number of nitrogens with zero attached hydrogens (tertiary/aromatic N) is 3. The third kappa shape index (κ3) is 3.36. The molecule has 2 aromatic rings. The quantitative estimate of drug-likeness (QED) is 0.904. The standard InChI is InChI=1S/C15H22N4O/c1-10-5-13(7-12(3)16)6-11(2)15(10)20-8-14-17-9-18-19(14)4/h5-6,9,12H,7-8,16H2,1-4H3. The first-order valence-electron chi connectivity index (χ1n) is 6.78. The van der Waals surface area contributed by atoms with Gasteiger partial charge in [0.15, 0.2) is 5.82 Å². The number of nitrogens with two attached hydrogens (primary N) is 1. The number of hydrogen-bond acceptors (Lipinski definition) is 4. The van der Waals surface area contributed by atoms with Gasteiger partial charge in [0.1, 0.15) is 18.7 Å². The van der Waals surface area contributed by atoms with Crippen molar-refractivity contribution in [1.82, 2.24) is 14.8 Å². The van der Waals surface area contributed by atoms with Crippen molar-refractivity contribution in [3.8, 4) is 5.75 Å². The lowest BCUT2D eigenvalue weighted by Gasteiger charge is -2.14. The van der Waals surface area contributed by atoms with Crippen LogP contribution in [0, 0.1) is 13.8 Å². The van der Waals surface area contributed by atoms with E-state index in [9.17, 15) is 0 Å². The second-order valence-electron chi connectivity index (χ2n) is 5.33. The van der Waals surface area contributed by atoms with Gasteiger partial charge in [-0.3, -0.25) is 4.68 Å². The molecule has 0 saturated carbocycles. The van der Waals surface area contributed by atoms with Crippen LogP contribution in [-0.2, 0) is 20.1 Å². The molecule has 1 aromatic carbocycles. The minimum atomic E-state index is 0.166. The molecule has 0 aliphatic heterocycles. The van der Waals surface area contributed by atoms with Gasteiger partial charge in [-0.15, -0.1) is 0 Å². The van der Waals surface area contributed by atoms with Gasteiger partial charge >= 0.3 is 0 Å². The zero-order valence-corrected chi connectivity index (χ0v) is 12.6. The Kier molecular flexibility index (Phi) is 4.39.